The molecule has 3 amide bonds. The first-order valence-electron chi connectivity index (χ1n) is 7.34. The molecule has 0 radical (unpaired) electrons. The monoisotopic (exact) mass is 317 g/mol. The van der Waals surface area contributed by atoms with Gasteiger partial charge in [0.15, 0.2) is 0 Å². The summed E-state index contributed by atoms with van der Waals surface area (Å²) in [5, 5.41) is 1.47. The van der Waals surface area contributed by atoms with E-state index in [0.717, 1.165) is 5.39 Å². The number of ether oxygens (including phenoxy) is 1. The normalized spacial score (nSPS) is 13.2. The van der Waals surface area contributed by atoms with Gasteiger partial charge in [-0.2, -0.15) is 4.90 Å². The lowest BCUT2D eigenvalue weighted by atomic mass is 10.0. The van der Waals surface area contributed by atoms with E-state index in [4.69, 9.17) is 4.74 Å². The number of imide groups is 3. The number of carbonyl (C=O) groups is 3. The molecule has 1 heterocycles. The molecule has 0 spiro atoms. The molecule has 0 N–H and O–H groups in total. The molecule has 1 aliphatic rings. The van der Waals surface area contributed by atoms with Crippen LogP contribution in [0.25, 0.3) is 10.8 Å². The van der Waals surface area contributed by atoms with Gasteiger partial charge in [0.1, 0.15) is 5.75 Å². The summed E-state index contributed by atoms with van der Waals surface area (Å²) in [4.78, 5) is 38.0. The number of hydrogen-bond acceptors (Lipinski definition) is 4. The summed E-state index contributed by atoms with van der Waals surface area (Å²) in [5.74, 6) is -1.06. The molecule has 0 aliphatic carbocycles. The predicted octanol–water partition coefficient (Wildman–Crippen LogP) is 3.63. The zero-order valence-corrected chi connectivity index (χ0v) is 12.4. The third-order valence-corrected chi connectivity index (χ3v) is 3.91. The standard InChI is InChI=1S/C19H11NO4/c21-17-15-11-10-12-6-4-5-9-14(12)16(15)18(22)20(17)19(23)24-13-7-2-1-3-8-13/h1-11H. The quantitative estimate of drug-likeness (QED) is 0.643. The number of benzene rings is 3. The first kappa shape index (κ1) is 14.1. The lowest BCUT2D eigenvalue weighted by Gasteiger charge is -2.11. The highest BCUT2D eigenvalue weighted by molar-refractivity contribution is 6.31. The van der Waals surface area contributed by atoms with E-state index in [1.54, 1.807) is 54.6 Å². The number of para-hydroxylation sites is 1. The average molecular weight is 317 g/mol. The maximum Gasteiger partial charge on any atom is 0.429 e. The van der Waals surface area contributed by atoms with E-state index in [9.17, 15) is 14.4 Å². The largest absolute Gasteiger partial charge is 0.429 e. The Labute approximate surface area is 137 Å². The predicted molar refractivity (Wildman–Crippen MR) is 86.9 cm³/mol. The average Bonchev–Trinajstić information content (AvgIpc) is 2.87. The van der Waals surface area contributed by atoms with E-state index < -0.39 is 17.9 Å². The molecule has 3 aromatic rings. The number of hydrogen-bond donors (Lipinski definition) is 0. The van der Waals surface area contributed by atoms with Crippen molar-refractivity contribution in [3.8, 4) is 5.75 Å². The van der Waals surface area contributed by atoms with E-state index in [1.807, 2.05) is 12.1 Å². The second kappa shape index (κ2) is 5.31. The summed E-state index contributed by atoms with van der Waals surface area (Å²) in [6.45, 7) is 0. The van der Waals surface area contributed by atoms with Crippen molar-refractivity contribution in [1.29, 1.82) is 0 Å². The van der Waals surface area contributed by atoms with Crippen molar-refractivity contribution in [2.24, 2.45) is 0 Å². The number of rotatable bonds is 1. The zero-order chi connectivity index (χ0) is 16.7. The van der Waals surface area contributed by atoms with Gasteiger partial charge in [-0.1, -0.05) is 48.5 Å². The van der Waals surface area contributed by atoms with Crippen molar-refractivity contribution in [2.45, 2.75) is 0 Å². The van der Waals surface area contributed by atoms with E-state index in [2.05, 4.69) is 0 Å². The van der Waals surface area contributed by atoms with Crippen molar-refractivity contribution >= 4 is 28.7 Å². The fraction of sp³-hybridized carbons (Fsp3) is 0. The van der Waals surface area contributed by atoms with Crippen molar-refractivity contribution in [3.05, 3.63) is 77.9 Å². The van der Waals surface area contributed by atoms with Crippen LogP contribution in [0.3, 0.4) is 0 Å². The summed E-state index contributed by atoms with van der Waals surface area (Å²) < 4.78 is 5.13. The van der Waals surface area contributed by atoms with Crippen LogP contribution in [0, 0.1) is 0 Å². The number of nitrogens with zero attached hydrogens (tertiary/aromatic N) is 1. The van der Waals surface area contributed by atoms with E-state index >= 15 is 0 Å². The van der Waals surface area contributed by atoms with Gasteiger partial charge in [-0.15, -0.1) is 0 Å². The molecule has 24 heavy (non-hydrogen) atoms. The van der Waals surface area contributed by atoms with Gasteiger partial charge >= 0.3 is 6.09 Å². The van der Waals surface area contributed by atoms with Crippen molar-refractivity contribution < 1.29 is 19.1 Å². The van der Waals surface area contributed by atoms with Gasteiger partial charge < -0.3 is 4.74 Å². The van der Waals surface area contributed by atoms with Crippen LogP contribution in [0.5, 0.6) is 5.75 Å². The van der Waals surface area contributed by atoms with Gasteiger partial charge in [-0.3, -0.25) is 9.59 Å². The van der Waals surface area contributed by atoms with Crippen LogP contribution in [0.4, 0.5) is 4.79 Å². The minimum atomic E-state index is -1.00. The molecule has 1 aliphatic heterocycles. The van der Waals surface area contributed by atoms with Crippen molar-refractivity contribution in [1.82, 2.24) is 4.90 Å². The van der Waals surface area contributed by atoms with Gasteiger partial charge in [-0.25, -0.2) is 4.79 Å². The van der Waals surface area contributed by atoms with Crippen LogP contribution in [0.2, 0.25) is 0 Å². The zero-order valence-electron chi connectivity index (χ0n) is 12.4. The number of amides is 3. The Balaban J connectivity index is 1.74. The Bertz CT molecular complexity index is 995. The van der Waals surface area contributed by atoms with Crippen LogP contribution in [0.1, 0.15) is 20.7 Å². The third kappa shape index (κ3) is 2.06. The molecule has 3 aromatic carbocycles. The van der Waals surface area contributed by atoms with E-state index in [-0.39, 0.29) is 16.9 Å². The SMILES string of the molecule is O=C(Oc1ccccc1)N1C(=O)c2ccc3ccccc3c2C1=O. The summed E-state index contributed by atoms with van der Waals surface area (Å²) in [6, 6.07) is 18.9. The molecule has 0 aromatic heterocycles. The Morgan fingerprint density at radius 1 is 0.792 bits per heavy atom. The highest BCUT2D eigenvalue weighted by Gasteiger charge is 2.42. The minimum absolute atomic E-state index is 0.212. The van der Waals surface area contributed by atoms with Crippen LogP contribution in [-0.2, 0) is 0 Å². The molecule has 0 saturated heterocycles. The summed E-state index contributed by atoms with van der Waals surface area (Å²) >= 11 is 0. The molecule has 0 saturated carbocycles. The highest BCUT2D eigenvalue weighted by Crippen LogP contribution is 2.30. The second-order valence-corrected chi connectivity index (χ2v) is 5.34. The summed E-state index contributed by atoms with van der Waals surface area (Å²) in [5.41, 5.74) is 0.451. The molecular formula is C19H11NO4. The summed E-state index contributed by atoms with van der Waals surface area (Å²) in [6.07, 6.45) is -1.00. The van der Waals surface area contributed by atoms with Crippen LogP contribution < -0.4 is 4.74 Å². The maximum atomic E-state index is 12.7. The lowest BCUT2D eigenvalue weighted by molar-refractivity contribution is 0.0660. The molecule has 116 valence electrons. The number of carbonyl (C=O) groups excluding carboxylic acids is 3. The molecule has 5 nitrogen and oxygen atoms in total. The Hall–Kier alpha value is -3.47. The van der Waals surface area contributed by atoms with Gasteiger partial charge in [0, 0.05) is 0 Å². The fourth-order valence-corrected chi connectivity index (χ4v) is 2.81. The Morgan fingerprint density at radius 3 is 2.29 bits per heavy atom. The Morgan fingerprint density at radius 2 is 1.50 bits per heavy atom. The molecule has 4 rings (SSSR count). The summed E-state index contributed by atoms with van der Waals surface area (Å²) in [7, 11) is 0. The van der Waals surface area contributed by atoms with Gasteiger partial charge in [0.25, 0.3) is 11.8 Å². The fourth-order valence-electron chi connectivity index (χ4n) is 2.81. The topological polar surface area (TPSA) is 63.7 Å². The smallest absolute Gasteiger partial charge is 0.410 e. The minimum Gasteiger partial charge on any atom is -0.410 e. The van der Waals surface area contributed by atoms with Gasteiger partial charge in [0.05, 0.1) is 11.1 Å². The molecule has 0 unspecified atom stereocenters. The molecule has 0 atom stereocenters. The van der Waals surface area contributed by atoms with Crippen molar-refractivity contribution in [3.63, 3.8) is 0 Å². The number of fused-ring (bicyclic) bond motifs is 3. The van der Waals surface area contributed by atoms with E-state index in [0.29, 0.717) is 10.3 Å². The highest BCUT2D eigenvalue weighted by atomic mass is 16.6. The van der Waals surface area contributed by atoms with Crippen LogP contribution in [-0.4, -0.2) is 22.8 Å². The molecular weight excluding hydrogens is 306 g/mol. The van der Waals surface area contributed by atoms with Crippen molar-refractivity contribution in [2.75, 3.05) is 0 Å². The Kier molecular flexibility index (Phi) is 3.13. The van der Waals surface area contributed by atoms with Crippen LogP contribution >= 0.6 is 0 Å². The van der Waals surface area contributed by atoms with E-state index in [1.165, 1.54) is 0 Å². The van der Waals surface area contributed by atoms with Crippen LogP contribution in [0.15, 0.2) is 66.7 Å². The molecule has 0 bridgehead atoms. The molecule has 0 fully saturated rings. The lowest BCUT2D eigenvalue weighted by Crippen LogP contribution is -2.38. The second-order valence-electron chi connectivity index (χ2n) is 5.34. The third-order valence-electron chi connectivity index (χ3n) is 3.91. The first-order chi connectivity index (χ1) is 11.7. The first-order valence-corrected chi connectivity index (χ1v) is 7.34. The van der Waals surface area contributed by atoms with Gasteiger partial charge in [0.2, 0.25) is 0 Å². The molecule has 5 heteroatoms. The van der Waals surface area contributed by atoms with Gasteiger partial charge in [-0.05, 0) is 29.0 Å². The maximum absolute atomic E-state index is 12.7.